The largest absolute Gasteiger partial charge is 0.329 e. The van der Waals surface area contributed by atoms with Gasteiger partial charge in [0, 0.05) is 18.8 Å². The number of hydrogen-bond acceptors (Lipinski definition) is 3. The van der Waals surface area contributed by atoms with Crippen LogP contribution in [0, 0.1) is 16.1 Å². The van der Waals surface area contributed by atoms with Gasteiger partial charge in [0.25, 0.3) is 0 Å². The molecule has 2 heterocycles. The van der Waals surface area contributed by atoms with Crippen molar-refractivity contribution in [1.82, 2.24) is 19.3 Å². The average molecular weight is 297 g/mol. The predicted molar refractivity (Wildman–Crippen MR) is 83.5 cm³/mol. The highest BCUT2D eigenvalue weighted by Gasteiger charge is 2.12. The lowest BCUT2D eigenvalue weighted by Crippen LogP contribution is -2.01. The first-order valence-electron chi connectivity index (χ1n) is 6.77. The Labute approximate surface area is 127 Å². The maximum Gasteiger partial charge on any atom is 0.178 e. The Balaban J connectivity index is 2.15. The van der Waals surface area contributed by atoms with Crippen LogP contribution >= 0.6 is 12.2 Å². The number of hydrogen-bond donors (Lipinski definition) is 1. The molecule has 106 valence electrons. The third kappa shape index (κ3) is 2.26. The van der Waals surface area contributed by atoms with E-state index >= 15 is 0 Å². The Kier molecular flexibility index (Phi) is 3.35. The van der Waals surface area contributed by atoms with E-state index in [4.69, 9.17) is 12.2 Å². The van der Waals surface area contributed by atoms with E-state index in [2.05, 4.69) is 23.1 Å². The second-order valence-electron chi connectivity index (χ2n) is 4.96. The molecule has 1 aromatic carbocycles. The molecule has 0 spiro atoms. The molecular formula is C15H15N5S. The second kappa shape index (κ2) is 5.19. The molecule has 5 nitrogen and oxygen atoms in total. The number of fused-ring (bicyclic) bond motifs is 1. The molecule has 0 saturated heterocycles. The minimum atomic E-state index is 0.610. The van der Waals surface area contributed by atoms with Crippen LogP contribution in [0.3, 0.4) is 0 Å². The number of para-hydroxylation sites is 1. The zero-order valence-electron chi connectivity index (χ0n) is 11.9. The molecule has 0 aliphatic rings. The van der Waals surface area contributed by atoms with Gasteiger partial charge >= 0.3 is 0 Å². The van der Waals surface area contributed by atoms with Gasteiger partial charge in [-0.15, -0.1) is 0 Å². The summed E-state index contributed by atoms with van der Waals surface area (Å²) in [5.41, 5.74) is 4.58. The quantitative estimate of drug-likeness (QED) is 0.756. The van der Waals surface area contributed by atoms with Gasteiger partial charge in [0.2, 0.25) is 0 Å². The third-order valence-electron chi connectivity index (χ3n) is 3.59. The maximum atomic E-state index is 9.18. The summed E-state index contributed by atoms with van der Waals surface area (Å²) in [6, 6.07) is 7.84. The van der Waals surface area contributed by atoms with E-state index < -0.39 is 0 Å². The van der Waals surface area contributed by atoms with E-state index in [1.54, 1.807) is 6.07 Å². The van der Waals surface area contributed by atoms with Crippen molar-refractivity contribution in [2.45, 2.75) is 19.9 Å². The highest BCUT2D eigenvalue weighted by molar-refractivity contribution is 7.71. The van der Waals surface area contributed by atoms with Crippen molar-refractivity contribution < 1.29 is 0 Å². The fraction of sp³-hybridized carbons (Fsp3) is 0.267. The number of rotatable bonds is 3. The molecule has 0 amide bonds. The molecule has 0 fully saturated rings. The predicted octanol–water partition coefficient (Wildman–Crippen LogP) is 2.91. The van der Waals surface area contributed by atoms with Gasteiger partial charge in [0.15, 0.2) is 4.77 Å². The lowest BCUT2D eigenvalue weighted by Gasteiger charge is -2.04. The standard InChI is InChI=1S/C15H15N5S/c1-3-12-11(8-19(2)18-12)9-20-13-6-4-5-10(7-16)14(13)17-15(20)21/h4-6,8H,3,9H2,1-2H3,(H,17,21). The molecule has 0 aliphatic heterocycles. The number of aryl methyl sites for hydroxylation is 2. The highest BCUT2D eigenvalue weighted by atomic mass is 32.1. The maximum absolute atomic E-state index is 9.18. The first-order chi connectivity index (χ1) is 10.1. The van der Waals surface area contributed by atoms with Crippen LogP contribution in [0.2, 0.25) is 0 Å². The zero-order chi connectivity index (χ0) is 15.0. The van der Waals surface area contributed by atoms with Gasteiger partial charge in [-0.3, -0.25) is 4.68 Å². The lowest BCUT2D eigenvalue weighted by molar-refractivity contribution is 0.746. The first-order valence-corrected chi connectivity index (χ1v) is 7.18. The van der Waals surface area contributed by atoms with Crippen LogP contribution in [0.4, 0.5) is 0 Å². The van der Waals surface area contributed by atoms with Gasteiger partial charge in [0.1, 0.15) is 6.07 Å². The minimum absolute atomic E-state index is 0.610. The Morgan fingerprint density at radius 3 is 2.95 bits per heavy atom. The Hall–Kier alpha value is -2.39. The Morgan fingerprint density at radius 1 is 1.43 bits per heavy atom. The SMILES string of the molecule is CCc1nn(C)cc1Cn1c(=S)[nH]c2c(C#N)cccc21. The summed E-state index contributed by atoms with van der Waals surface area (Å²) in [6.07, 6.45) is 2.91. The molecule has 3 aromatic rings. The van der Waals surface area contributed by atoms with Crippen LogP contribution in [-0.4, -0.2) is 19.3 Å². The number of benzene rings is 1. The summed E-state index contributed by atoms with van der Waals surface area (Å²) in [5.74, 6) is 0. The van der Waals surface area contributed by atoms with Gasteiger partial charge in [-0.05, 0) is 30.8 Å². The summed E-state index contributed by atoms with van der Waals surface area (Å²) in [5, 5.41) is 13.6. The normalized spacial score (nSPS) is 10.9. The van der Waals surface area contributed by atoms with Crippen LogP contribution in [0.25, 0.3) is 11.0 Å². The summed E-state index contributed by atoms with van der Waals surface area (Å²) in [4.78, 5) is 3.14. The molecule has 0 saturated carbocycles. The third-order valence-corrected chi connectivity index (χ3v) is 3.91. The highest BCUT2D eigenvalue weighted by Crippen LogP contribution is 2.20. The molecule has 2 aromatic heterocycles. The van der Waals surface area contributed by atoms with Crippen molar-refractivity contribution in [2.24, 2.45) is 7.05 Å². The van der Waals surface area contributed by atoms with E-state index in [1.165, 1.54) is 0 Å². The van der Waals surface area contributed by atoms with Crippen molar-refractivity contribution in [3.8, 4) is 6.07 Å². The zero-order valence-corrected chi connectivity index (χ0v) is 12.7. The number of H-pyrrole nitrogens is 1. The molecule has 1 N–H and O–H groups in total. The molecule has 0 atom stereocenters. The lowest BCUT2D eigenvalue weighted by atomic mass is 10.2. The van der Waals surface area contributed by atoms with Gasteiger partial charge in [-0.2, -0.15) is 10.4 Å². The number of aromatic amines is 1. The second-order valence-corrected chi connectivity index (χ2v) is 5.34. The van der Waals surface area contributed by atoms with E-state index in [1.807, 2.05) is 34.6 Å². The summed E-state index contributed by atoms with van der Waals surface area (Å²) in [6.45, 7) is 2.75. The van der Waals surface area contributed by atoms with Crippen molar-refractivity contribution in [3.05, 3.63) is 46.0 Å². The fourth-order valence-corrected chi connectivity index (χ4v) is 2.88. The van der Waals surface area contributed by atoms with E-state index in [9.17, 15) is 5.26 Å². The minimum Gasteiger partial charge on any atom is -0.329 e. The Morgan fingerprint density at radius 2 is 2.24 bits per heavy atom. The number of aromatic nitrogens is 4. The summed E-state index contributed by atoms with van der Waals surface area (Å²) >= 11 is 5.42. The Bertz CT molecular complexity index is 906. The monoisotopic (exact) mass is 297 g/mol. The molecule has 0 unspecified atom stereocenters. The van der Waals surface area contributed by atoms with E-state index in [0.29, 0.717) is 16.9 Å². The van der Waals surface area contributed by atoms with Crippen LogP contribution < -0.4 is 0 Å². The fourth-order valence-electron chi connectivity index (χ4n) is 2.61. The topological polar surface area (TPSA) is 62.3 Å². The number of nitrogens with one attached hydrogen (secondary N) is 1. The van der Waals surface area contributed by atoms with Crippen molar-refractivity contribution in [3.63, 3.8) is 0 Å². The van der Waals surface area contributed by atoms with Gasteiger partial charge in [-0.25, -0.2) is 0 Å². The van der Waals surface area contributed by atoms with Gasteiger partial charge in [-0.1, -0.05) is 13.0 Å². The molecular weight excluding hydrogens is 282 g/mol. The molecule has 6 heteroatoms. The van der Waals surface area contributed by atoms with Crippen molar-refractivity contribution in [1.29, 1.82) is 5.26 Å². The molecule has 21 heavy (non-hydrogen) atoms. The molecule has 0 bridgehead atoms. The number of imidazole rings is 1. The van der Waals surface area contributed by atoms with Crippen LogP contribution in [-0.2, 0) is 20.0 Å². The van der Waals surface area contributed by atoms with Gasteiger partial charge < -0.3 is 9.55 Å². The number of nitrogens with zero attached hydrogens (tertiary/aromatic N) is 4. The van der Waals surface area contributed by atoms with E-state index in [0.717, 1.165) is 28.7 Å². The summed E-state index contributed by atoms with van der Waals surface area (Å²) in [7, 11) is 1.92. The van der Waals surface area contributed by atoms with Gasteiger partial charge in [0.05, 0.1) is 28.8 Å². The smallest absolute Gasteiger partial charge is 0.178 e. The molecule has 3 rings (SSSR count). The van der Waals surface area contributed by atoms with Crippen LogP contribution in [0.1, 0.15) is 23.7 Å². The molecule has 0 radical (unpaired) electrons. The summed E-state index contributed by atoms with van der Waals surface area (Å²) < 4.78 is 4.47. The molecule has 0 aliphatic carbocycles. The average Bonchev–Trinajstić information content (AvgIpc) is 2.99. The van der Waals surface area contributed by atoms with Crippen molar-refractivity contribution in [2.75, 3.05) is 0 Å². The van der Waals surface area contributed by atoms with Crippen LogP contribution in [0.5, 0.6) is 0 Å². The number of nitriles is 1. The van der Waals surface area contributed by atoms with E-state index in [-0.39, 0.29) is 0 Å². The first kappa shape index (κ1) is 13.6. The van der Waals surface area contributed by atoms with Crippen molar-refractivity contribution >= 4 is 23.3 Å². The van der Waals surface area contributed by atoms with Crippen LogP contribution in [0.15, 0.2) is 24.4 Å².